The Labute approximate surface area is 95.7 Å². The molecule has 0 aromatic heterocycles. The summed E-state index contributed by atoms with van der Waals surface area (Å²) in [5.41, 5.74) is 1.83. The van der Waals surface area contributed by atoms with Crippen LogP contribution in [0.3, 0.4) is 0 Å². The number of hydrogen-bond acceptors (Lipinski definition) is 2. The zero-order valence-electron chi connectivity index (χ0n) is 9.90. The Morgan fingerprint density at radius 2 is 1.94 bits per heavy atom. The molecule has 3 heteroatoms. The maximum absolute atomic E-state index is 10.6. The lowest BCUT2D eigenvalue weighted by Gasteiger charge is -2.14. The van der Waals surface area contributed by atoms with Crippen LogP contribution in [-0.2, 0) is 4.79 Å². The molecule has 0 heterocycles. The maximum atomic E-state index is 10.6. The normalized spacial score (nSPS) is 12.8. The van der Waals surface area contributed by atoms with Gasteiger partial charge < -0.3 is 10.2 Å². The molecule has 2 N–H and O–H groups in total. The molecule has 0 aliphatic rings. The molecule has 1 aromatic rings. The Bertz CT molecular complexity index is 383. The third-order valence-electron chi connectivity index (χ3n) is 2.73. The van der Waals surface area contributed by atoms with Crippen LogP contribution in [-0.4, -0.2) is 16.2 Å². The van der Waals surface area contributed by atoms with E-state index >= 15 is 0 Å². The summed E-state index contributed by atoms with van der Waals surface area (Å²) in [6.45, 7) is 5.95. The number of phenols is 1. The van der Waals surface area contributed by atoms with Crippen molar-refractivity contribution in [2.45, 2.75) is 39.0 Å². The molecule has 0 spiro atoms. The highest BCUT2D eigenvalue weighted by atomic mass is 16.4. The van der Waals surface area contributed by atoms with Crippen LogP contribution in [0.4, 0.5) is 0 Å². The van der Waals surface area contributed by atoms with E-state index in [1.165, 1.54) is 0 Å². The van der Waals surface area contributed by atoms with Gasteiger partial charge in [-0.15, -0.1) is 0 Å². The van der Waals surface area contributed by atoms with Gasteiger partial charge in [0.1, 0.15) is 5.75 Å². The second kappa shape index (κ2) is 5.01. The third kappa shape index (κ3) is 2.99. The van der Waals surface area contributed by atoms with Crippen molar-refractivity contribution >= 4 is 5.97 Å². The van der Waals surface area contributed by atoms with Gasteiger partial charge in [0, 0.05) is 0 Å². The lowest BCUT2D eigenvalue weighted by molar-refractivity contribution is -0.137. The maximum Gasteiger partial charge on any atom is 0.303 e. The molecular weight excluding hydrogens is 204 g/mol. The minimum atomic E-state index is -0.846. The summed E-state index contributed by atoms with van der Waals surface area (Å²) in [7, 11) is 0. The number of aliphatic carboxylic acids is 1. The number of benzene rings is 1. The van der Waals surface area contributed by atoms with Crippen molar-refractivity contribution in [2.24, 2.45) is 0 Å². The molecule has 3 nitrogen and oxygen atoms in total. The van der Waals surface area contributed by atoms with Crippen molar-refractivity contribution in [3.05, 3.63) is 29.3 Å². The first-order valence-corrected chi connectivity index (χ1v) is 5.46. The van der Waals surface area contributed by atoms with Gasteiger partial charge in [-0.2, -0.15) is 0 Å². The molecule has 1 unspecified atom stereocenters. The Balaban J connectivity index is 3.01. The minimum absolute atomic E-state index is 0.0368. The fraction of sp³-hybridized carbons (Fsp3) is 0.462. The second-order valence-corrected chi connectivity index (χ2v) is 4.47. The van der Waals surface area contributed by atoms with E-state index in [0.29, 0.717) is 11.5 Å². The van der Waals surface area contributed by atoms with Crippen LogP contribution in [0.2, 0.25) is 0 Å². The van der Waals surface area contributed by atoms with Crippen molar-refractivity contribution in [1.82, 2.24) is 0 Å². The van der Waals surface area contributed by atoms with Crippen LogP contribution in [0, 0.1) is 0 Å². The Morgan fingerprint density at radius 1 is 1.31 bits per heavy atom. The topological polar surface area (TPSA) is 57.5 Å². The summed E-state index contributed by atoms with van der Waals surface area (Å²) >= 11 is 0. The number of aromatic hydroxyl groups is 1. The average Bonchev–Trinajstić information content (AvgIpc) is 2.16. The van der Waals surface area contributed by atoms with Gasteiger partial charge >= 0.3 is 5.97 Å². The summed E-state index contributed by atoms with van der Waals surface area (Å²) < 4.78 is 0. The van der Waals surface area contributed by atoms with Gasteiger partial charge in [0.25, 0.3) is 0 Å². The quantitative estimate of drug-likeness (QED) is 0.823. The summed E-state index contributed by atoms with van der Waals surface area (Å²) in [5.74, 6) is -0.465. The van der Waals surface area contributed by atoms with E-state index in [1.54, 1.807) is 6.07 Å². The first-order valence-electron chi connectivity index (χ1n) is 5.46. The van der Waals surface area contributed by atoms with Gasteiger partial charge in [0.2, 0.25) is 0 Å². The summed E-state index contributed by atoms with van der Waals surface area (Å²) in [4.78, 5) is 10.6. The highest BCUT2D eigenvalue weighted by Gasteiger charge is 2.15. The molecule has 0 saturated heterocycles. The predicted octanol–water partition coefficient (Wildman–Crippen LogP) is 3.09. The fourth-order valence-electron chi connectivity index (χ4n) is 1.70. The summed E-state index contributed by atoms with van der Waals surface area (Å²) in [6, 6.07) is 5.41. The minimum Gasteiger partial charge on any atom is -0.508 e. The molecule has 0 aliphatic carbocycles. The van der Waals surface area contributed by atoms with Gasteiger partial charge in [0.05, 0.1) is 6.42 Å². The molecule has 1 atom stereocenters. The first kappa shape index (κ1) is 12.6. The smallest absolute Gasteiger partial charge is 0.303 e. The van der Waals surface area contributed by atoms with Gasteiger partial charge in [0.15, 0.2) is 0 Å². The number of carbonyl (C=O) groups is 1. The molecule has 88 valence electrons. The number of carboxylic acids is 1. The molecule has 0 saturated carbocycles. The van der Waals surface area contributed by atoms with Gasteiger partial charge in [-0.25, -0.2) is 0 Å². The van der Waals surface area contributed by atoms with Crippen molar-refractivity contribution in [3.63, 3.8) is 0 Å². The van der Waals surface area contributed by atoms with E-state index in [4.69, 9.17) is 5.11 Å². The standard InChI is InChI=1S/C13H18O3/c1-8(2)10-4-5-12(14)11(7-10)9(3)6-13(15)16/h4-5,7-9,14H,6H2,1-3H3,(H,15,16). The van der Waals surface area contributed by atoms with Crippen LogP contribution < -0.4 is 0 Å². The molecular formula is C13H18O3. The van der Waals surface area contributed by atoms with E-state index in [9.17, 15) is 9.90 Å². The molecule has 0 bridgehead atoms. The number of hydrogen-bond donors (Lipinski definition) is 2. The number of rotatable bonds is 4. The zero-order valence-corrected chi connectivity index (χ0v) is 9.90. The van der Waals surface area contributed by atoms with Crippen LogP contribution in [0.1, 0.15) is 50.2 Å². The Morgan fingerprint density at radius 3 is 2.44 bits per heavy atom. The summed E-state index contributed by atoms with van der Waals surface area (Å²) in [5, 5.41) is 18.4. The zero-order chi connectivity index (χ0) is 12.3. The lowest BCUT2D eigenvalue weighted by atomic mass is 9.92. The lowest BCUT2D eigenvalue weighted by Crippen LogP contribution is -2.04. The summed E-state index contributed by atoms with van der Waals surface area (Å²) in [6.07, 6.45) is 0.0368. The molecule has 0 radical (unpaired) electrons. The fourth-order valence-corrected chi connectivity index (χ4v) is 1.70. The van der Waals surface area contributed by atoms with Crippen molar-refractivity contribution in [3.8, 4) is 5.75 Å². The van der Waals surface area contributed by atoms with Gasteiger partial charge in [-0.3, -0.25) is 4.79 Å². The first-order chi connectivity index (χ1) is 7.41. The monoisotopic (exact) mass is 222 g/mol. The highest BCUT2D eigenvalue weighted by molar-refractivity contribution is 5.68. The van der Waals surface area contributed by atoms with Crippen LogP contribution in [0.15, 0.2) is 18.2 Å². The molecule has 16 heavy (non-hydrogen) atoms. The molecule has 1 rings (SSSR count). The van der Waals surface area contributed by atoms with Gasteiger partial charge in [-0.05, 0) is 29.0 Å². The molecule has 0 fully saturated rings. The van der Waals surface area contributed by atoms with Gasteiger partial charge in [-0.1, -0.05) is 32.9 Å². The van der Waals surface area contributed by atoms with Crippen LogP contribution in [0.5, 0.6) is 5.75 Å². The second-order valence-electron chi connectivity index (χ2n) is 4.47. The third-order valence-corrected chi connectivity index (χ3v) is 2.73. The van der Waals surface area contributed by atoms with E-state index in [-0.39, 0.29) is 18.1 Å². The Hall–Kier alpha value is -1.51. The number of carboxylic acid groups (broad SMARTS) is 1. The largest absolute Gasteiger partial charge is 0.508 e. The number of phenolic OH excluding ortho intramolecular Hbond substituents is 1. The SMILES string of the molecule is CC(C)c1ccc(O)c(C(C)CC(=O)O)c1. The average molecular weight is 222 g/mol. The van der Waals surface area contributed by atoms with Crippen LogP contribution >= 0.6 is 0 Å². The highest BCUT2D eigenvalue weighted by Crippen LogP contribution is 2.30. The van der Waals surface area contributed by atoms with Crippen molar-refractivity contribution in [2.75, 3.05) is 0 Å². The van der Waals surface area contributed by atoms with E-state index < -0.39 is 5.97 Å². The predicted molar refractivity (Wildman–Crippen MR) is 62.9 cm³/mol. The van der Waals surface area contributed by atoms with E-state index in [1.807, 2.05) is 19.1 Å². The van der Waals surface area contributed by atoms with Crippen LogP contribution in [0.25, 0.3) is 0 Å². The van der Waals surface area contributed by atoms with Crippen molar-refractivity contribution in [1.29, 1.82) is 0 Å². The Kier molecular flexibility index (Phi) is 3.93. The van der Waals surface area contributed by atoms with Crippen molar-refractivity contribution < 1.29 is 15.0 Å². The molecule has 0 amide bonds. The molecule has 0 aliphatic heterocycles. The van der Waals surface area contributed by atoms with E-state index in [2.05, 4.69) is 13.8 Å². The van der Waals surface area contributed by atoms with E-state index in [0.717, 1.165) is 5.56 Å². The molecule has 1 aromatic carbocycles.